The molecule has 2 aliphatic rings. The highest BCUT2D eigenvalue weighted by molar-refractivity contribution is 5.21. The maximum Gasteiger partial charge on any atom is 0.166 e. The molecule has 7 nitrogen and oxygen atoms in total. The smallest absolute Gasteiger partial charge is 0.166 e. The summed E-state index contributed by atoms with van der Waals surface area (Å²) in [7, 11) is 0. The van der Waals surface area contributed by atoms with Crippen molar-refractivity contribution >= 4 is 0 Å². The van der Waals surface area contributed by atoms with E-state index in [4.69, 9.17) is 9.47 Å². The van der Waals surface area contributed by atoms with Crippen LogP contribution >= 0.6 is 0 Å². The average Bonchev–Trinajstić information content (AvgIpc) is 3.07. The number of ether oxygens (including phenoxy) is 2. The summed E-state index contributed by atoms with van der Waals surface area (Å²) in [5.74, 6) is 1.38. The lowest BCUT2D eigenvalue weighted by Crippen LogP contribution is -2.44. The maximum absolute atomic E-state index is 10.5. The second kappa shape index (κ2) is 10.3. The molecule has 7 heteroatoms. The van der Waals surface area contributed by atoms with Gasteiger partial charge in [0.1, 0.15) is 12.4 Å². The zero-order valence-electron chi connectivity index (χ0n) is 17.2. The minimum Gasteiger partial charge on any atom is -0.486 e. The normalized spacial score (nSPS) is 27.3. The summed E-state index contributed by atoms with van der Waals surface area (Å²) in [6, 6.07) is 12.1. The van der Waals surface area contributed by atoms with Gasteiger partial charge in [-0.2, -0.15) is 0 Å². The van der Waals surface area contributed by atoms with Gasteiger partial charge in [0.25, 0.3) is 0 Å². The number of hydrogen-bond donors (Lipinski definition) is 3. The number of hydrogen-bond acceptors (Lipinski definition) is 7. The summed E-state index contributed by atoms with van der Waals surface area (Å²) < 4.78 is 11.2. The Morgan fingerprint density at radius 2 is 1.90 bits per heavy atom. The molecule has 1 aromatic heterocycles. The van der Waals surface area contributed by atoms with Crippen molar-refractivity contribution in [2.45, 2.75) is 50.5 Å². The predicted octanol–water partition coefficient (Wildman–Crippen LogP) is 1.72. The lowest BCUT2D eigenvalue weighted by molar-refractivity contribution is 0.0678. The number of rotatable bonds is 8. The fourth-order valence-electron chi connectivity index (χ4n) is 4.63. The van der Waals surface area contributed by atoms with Gasteiger partial charge in [-0.1, -0.05) is 18.2 Å². The number of aliphatic hydroxyl groups excluding tert-OH is 2. The third-order valence-corrected chi connectivity index (χ3v) is 6.26. The van der Waals surface area contributed by atoms with Crippen LogP contribution < -0.4 is 10.1 Å². The van der Waals surface area contributed by atoms with Crippen molar-refractivity contribution in [2.75, 3.05) is 19.8 Å². The second-order valence-corrected chi connectivity index (χ2v) is 8.24. The average molecular weight is 414 g/mol. The van der Waals surface area contributed by atoms with E-state index in [0.29, 0.717) is 31.3 Å². The molecule has 0 spiro atoms. The number of para-hydroxylation sites is 1. The first-order chi connectivity index (χ1) is 14.7. The summed E-state index contributed by atoms with van der Waals surface area (Å²) >= 11 is 0. The maximum atomic E-state index is 10.5. The number of nitrogens with zero attached hydrogens (tertiary/aromatic N) is 2. The van der Waals surface area contributed by atoms with E-state index in [1.807, 2.05) is 36.4 Å². The minimum absolute atomic E-state index is 0.0210. The van der Waals surface area contributed by atoms with Crippen molar-refractivity contribution in [1.29, 1.82) is 0 Å². The summed E-state index contributed by atoms with van der Waals surface area (Å²) in [4.78, 5) is 9.01. The molecule has 3 N–H and O–H groups in total. The Kier molecular flexibility index (Phi) is 7.28. The van der Waals surface area contributed by atoms with Gasteiger partial charge in [-0.25, -0.2) is 9.97 Å². The molecule has 4 rings (SSSR count). The van der Waals surface area contributed by atoms with Gasteiger partial charge in [0.05, 0.1) is 6.10 Å². The zero-order chi connectivity index (χ0) is 20.8. The van der Waals surface area contributed by atoms with Crippen molar-refractivity contribution in [3.05, 3.63) is 54.1 Å². The highest BCUT2D eigenvalue weighted by Crippen LogP contribution is 2.35. The Labute approximate surface area is 177 Å². The molecule has 2 fully saturated rings. The van der Waals surface area contributed by atoms with Crippen LogP contribution in [0, 0.1) is 11.8 Å². The molecule has 30 heavy (non-hydrogen) atoms. The highest BCUT2D eigenvalue weighted by atomic mass is 16.5. The third kappa shape index (κ3) is 5.35. The number of aromatic nitrogens is 2. The van der Waals surface area contributed by atoms with Crippen molar-refractivity contribution in [2.24, 2.45) is 11.8 Å². The Hall–Kier alpha value is -2.06. The summed E-state index contributed by atoms with van der Waals surface area (Å²) in [5, 5.41) is 24.2. The van der Waals surface area contributed by atoms with E-state index in [1.165, 1.54) is 0 Å². The van der Waals surface area contributed by atoms with Crippen molar-refractivity contribution in [3.63, 3.8) is 0 Å². The van der Waals surface area contributed by atoms with Gasteiger partial charge >= 0.3 is 0 Å². The molecular weight excluding hydrogens is 382 g/mol. The van der Waals surface area contributed by atoms with Gasteiger partial charge < -0.3 is 25.0 Å². The molecular formula is C23H31N3O4. The van der Waals surface area contributed by atoms with Crippen LogP contribution in [0.15, 0.2) is 42.6 Å². The van der Waals surface area contributed by atoms with E-state index in [9.17, 15) is 10.2 Å². The third-order valence-electron chi connectivity index (χ3n) is 6.26. The topological polar surface area (TPSA) is 96.7 Å². The van der Waals surface area contributed by atoms with E-state index in [-0.39, 0.29) is 24.5 Å². The molecule has 2 aromatic rings. The molecule has 0 unspecified atom stereocenters. The monoisotopic (exact) mass is 413 g/mol. The Morgan fingerprint density at radius 3 is 2.67 bits per heavy atom. The predicted molar refractivity (Wildman–Crippen MR) is 112 cm³/mol. The molecule has 0 bridgehead atoms. The summed E-state index contributed by atoms with van der Waals surface area (Å²) in [5.41, 5.74) is 0.910. The molecule has 1 aliphatic heterocycles. The van der Waals surface area contributed by atoms with Crippen molar-refractivity contribution in [1.82, 2.24) is 15.3 Å². The standard InChI is InChI=1S/C23H31N3O4/c27-14-20-19(21(13-22(20)28)25-16-7-10-29-11-8-16)12-17-6-9-24-23(26-17)15-30-18-4-2-1-3-5-18/h1-6,9,16,19-22,25,27-28H,7-8,10-15H2/t19-,20-,21-,22-/m1/s1. The number of benzene rings is 1. The van der Waals surface area contributed by atoms with E-state index in [1.54, 1.807) is 6.20 Å². The van der Waals surface area contributed by atoms with Gasteiger partial charge in [-0.15, -0.1) is 0 Å². The fraction of sp³-hybridized carbons (Fsp3) is 0.565. The zero-order valence-corrected chi connectivity index (χ0v) is 17.2. The van der Waals surface area contributed by atoms with Gasteiger partial charge in [0, 0.05) is 49.7 Å². The van der Waals surface area contributed by atoms with Gasteiger partial charge in [-0.05, 0) is 49.8 Å². The van der Waals surface area contributed by atoms with E-state index < -0.39 is 6.10 Å². The van der Waals surface area contributed by atoms with Crippen LogP contribution in [0.5, 0.6) is 5.75 Å². The van der Waals surface area contributed by atoms with Crippen LogP contribution in [0.25, 0.3) is 0 Å². The Bertz CT molecular complexity index is 785. The highest BCUT2D eigenvalue weighted by Gasteiger charge is 2.42. The lowest BCUT2D eigenvalue weighted by atomic mass is 9.88. The molecule has 162 valence electrons. The Balaban J connectivity index is 1.42. The van der Waals surface area contributed by atoms with E-state index in [0.717, 1.165) is 37.5 Å². The van der Waals surface area contributed by atoms with Crippen molar-refractivity contribution in [3.8, 4) is 5.75 Å². The number of nitrogens with one attached hydrogen (secondary N) is 1. The van der Waals surface area contributed by atoms with E-state index >= 15 is 0 Å². The van der Waals surface area contributed by atoms with Crippen LogP contribution in [0.4, 0.5) is 0 Å². The summed E-state index contributed by atoms with van der Waals surface area (Å²) in [6.07, 6.45) is 4.56. The largest absolute Gasteiger partial charge is 0.486 e. The van der Waals surface area contributed by atoms with Gasteiger partial charge in [-0.3, -0.25) is 0 Å². The quantitative estimate of drug-likeness (QED) is 0.606. The Morgan fingerprint density at radius 1 is 1.10 bits per heavy atom. The van der Waals surface area contributed by atoms with Crippen LogP contribution in [0.2, 0.25) is 0 Å². The molecule has 1 aromatic carbocycles. The lowest BCUT2D eigenvalue weighted by Gasteiger charge is -2.31. The van der Waals surface area contributed by atoms with Crippen LogP contribution in [0.3, 0.4) is 0 Å². The molecule has 1 saturated carbocycles. The van der Waals surface area contributed by atoms with Crippen LogP contribution in [0.1, 0.15) is 30.8 Å². The van der Waals surface area contributed by atoms with Crippen LogP contribution in [-0.2, 0) is 17.8 Å². The molecule has 0 radical (unpaired) electrons. The first-order valence-electron chi connectivity index (χ1n) is 10.8. The fourth-order valence-corrected chi connectivity index (χ4v) is 4.63. The van der Waals surface area contributed by atoms with E-state index in [2.05, 4.69) is 15.3 Å². The van der Waals surface area contributed by atoms with Gasteiger partial charge in [0.2, 0.25) is 0 Å². The number of aliphatic hydroxyl groups is 2. The first-order valence-corrected chi connectivity index (χ1v) is 10.8. The molecule has 4 atom stereocenters. The van der Waals surface area contributed by atoms with Crippen molar-refractivity contribution < 1.29 is 19.7 Å². The SMILES string of the molecule is OC[C@@H]1[C@@H](Cc2ccnc(COc3ccccc3)n2)[C@H](NC2CCOCC2)C[C@H]1O. The summed E-state index contributed by atoms with van der Waals surface area (Å²) in [6.45, 7) is 1.83. The molecule has 2 heterocycles. The molecule has 1 saturated heterocycles. The first kappa shape index (κ1) is 21.2. The van der Waals surface area contributed by atoms with Gasteiger partial charge in [0.15, 0.2) is 5.82 Å². The second-order valence-electron chi connectivity index (χ2n) is 8.24. The molecule has 0 amide bonds. The minimum atomic E-state index is -0.500. The molecule has 1 aliphatic carbocycles. The van der Waals surface area contributed by atoms with Crippen LogP contribution in [-0.4, -0.2) is 58.2 Å².